The van der Waals surface area contributed by atoms with Crippen LogP contribution in [0.15, 0.2) is 12.0 Å². The normalized spacial score (nSPS) is 14.2. The Morgan fingerprint density at radius 1 is 0.331 bits per heavy atom. The van der Waals surface area contributed by atoms with E-state index in [-0.39, 0.29) is 23.4 Å². The molecule has 0 amide bonds. The average molecular weight is 2520 g/mol. The Morgan fingerprint density at radius 2 is 0.564 bits per heavy atom. The van der Waals surface area contributed by atoms with Gasteiger partial charge in [0.15, 0.2) is 28.5 Å². The molecule has 0 fully saturated rings. The third-order valence-electron chi connectivity index (χ3n) is 6.21. The molecule has 0 heterocycles. The van der Waals surface area contributed by atoms with Crippen LogP contribution in [0.4, 0.5) is 172 Å². The van der Waals surface area contributed by atoms with Crippen molar-refractivity contribution in [2.45, 2.75) is 54.1 Å². The standard InChI is InChI=1S/C5H8F6NO4PS.C3H2F8NO4PS.C3H7F3NO3PS.C3H4F2NO4PS.C2H3F5NO4PS.C2H4F2NO3PS.C2H7F2NO2P2.CHF5NO3PS.CH4F2NO4PS.CH4F2NO3PS.F3HNO3PS/c1-17(2,13)12-18(14,15)16-3(4(6,7)8)5(9,10)11;4-2(5,6)1(3(7,8)9)16-18(14,15)12-17(10,11)13;1-11(2,8)7-12(9,10)3(4,5)6;1-2-3-10-12(8,9)6-11(4,5)7;3-2(4,5)1-12-14(10,11)8-13(6,7)9;1-2-10(7,8)5-9(3,4)6;1-8(2,6)5-9(3,4)7;2-1(3,4)12(9,10)7-11(5,6)8;1-8-10(6,7)4-9(2,3)5;1-9(6,7)4-8(2,3)5;1-8(2,5)4-9(3,6)7/h3H,1-2H3,(H,12,13);1H,(H,12,13);1-2H3,(H,7,8);1H,3H2,(H,6,7);1H2,(H,8,9);2H,1H2,(H,5,6);1-2H3,(H,5,6,7);(H,7,8);1H3,(H,4,5);1H3,(H,4,5);(H,4,5). The van der Waals surface area contributed by atoms with E-state index >= 15 is 0 Å². The first kappa shape index (κ1) is 154. The van der Waals surface area contributed by atoms with Crippen molar-refractivity contribution < 1.29 is 332 Å². The van der Waals surface area contributed by atoms with E-state index in [0.29, 0.717) is 31.3 Å². The topological polar surface area (TPSA) is 725 Å². The van der Waals surface area contributed by atoms with Gasteiger partial charge in [-0.15, -0.1) is 99.9 Å². The minimum atomic E-state index is -6.65. The Morgan fingerprint density at radius 3 is 0.692 bits per heavy atom. The summed E-state index contributed by atoms with van der Waals surface area (Å²) in [5.41, 5.74) is -11.3. The number of terminal acetylenes is 1. The van der Waals surface area contributed by atoms with Crippen LogP contribution in [-0.4, -0.2) is 205 Å². The van der Waals surface area contributed by atoms with Gasteiger partial charge in [0.1, 0.15) is 6.61 Å². The zero-order chi connectivity index (χ0) is 112. The minimum absolute atomic E-state index is 0.0139. The first-order valence-electron chi connectivity index (χ1n) is 26.0. The summed E-state index contributed by atoms with van der Waals surface area (Å²) in [6, 6.07) is 0. The van der Waals surface area contributed by atoms with Crippen LogP contribution in [0.2, 0.25) is 0 Å². The summed E-state index contributed by atoms with van der Waals surface area (Å²) < 4.78 is 801. The molecule has 0 unspecified atom stereocenters. The van der Waals surface area contributed by atoms with Crippen LogP contribution in [0.1, 0.15) is 0 Å². The molecule has 48 nitrogen and oxygen atoms in total. The Kier molecular flexibility index (Phi) is 63.9. The maximum Gasteiger partial charge on any atom is 0.512 e. The van der Waals surface area contributed by atoms with E-state index in [1.54, 1.807) is 5.92 Å². The van der Waals surface area contributed by atoms with Crippen LogP contribution in [0.25, 0.3) is 0 Å². The van der Waals surface area contributed by atoms with E-state index in [4.69, 9.17) is 4.57 Å². The van der Waals surface area contributed by atoms with Gasteiger partial charge in [0.2, 0.25) is 20.0 Å². The minimum Gasteiger partial charge on any atom is -0.307 e. The molecule has 0 saturated carbocycles. The average Bonchev–Trinajstić information content (AvgIpc) is 0.844. The second kappa shape index (κ2) is 55.3. The zero-order valence-electron chi connectivity index (χ0n) is 61.6. The van der Waals surface area contributed by atoms with Gasteiger partial charge in [-0.25, -0.2) is 91.5 Å². The summed E-state index contributed by atoms with van der Waals surface area (Å²) >= 11 is 0. The van der Waals surface area contributed by atoms with Gasteiger partial charge in [-0.2, -0.15) is 152 Å². The summed E-state index contributed by atoms with van der Waals surface area (Å²) in [6.45, 7) is 5.24. The lowest BCUT2D eigenvalue weighted by atomic mass is 10.3. The first-order valence-corrected chi connectivity index (χ1v) is 62.0. The second-order valence-corrected chi connectivity index (χ2v) is 57.0. The van der Waals surface area contributed by atoms with Gasteiger partial charge in [0.05, 0.1) is 13.4 Å². The van der Waals surface area contributed by atoms with Crippen LogP contribution >= 0.6 is 93.1 Å². The van der Waals surface area contributed by atoms with Gasteiger partial charge in [-0.3, -0.25) is 4.18 Å². The van der Waals surface area contributed by atoms with E-state index in [2.05, 4.69) is 33.9 Å². The van der Waals surface area contributed by atoms with Crippen LogP contribution < -0.4 is 49.8 Å². The highest BCUT2D eigenvalue weighted by Crippen LogP contribution is 2.55. The van der Waals surface area contributed by atoms with Crippen molar-refractivity contribution >= 4 is 195 Å². The van der Waals surface area contributed by atoms with E-state index < -0.39 is 262 Å². The van der Waals surface area contributed by atoms with Gasteiger partial charge in [-0.1, -0.05) is 38.8 Å². The largest absolute Gasteiger partial charge is 0.512 e. The van der Waals surface area contributed by atoms with E-state index in [1.807, 2.05) is 0 Å². The molecule has 0 aromatic carbocycles. The Hall–Kier alpha value is -1.88. The molecule has 814 valence electrons. The number of sulfonamides is 4. The molecular formula is C23H45F40N11O37P12S10. The van der Waals surface area contributed by atoms with Gasteiger partial charge >= 0.3 is 195 Å². The number of halogens is 40. The molecule has 0 aromatic rings. The Labute approximate surface area is 718 Å². The molecule has 0 rings (SSSR count). The molecule has 133 heavy (non-hydrogen) atoms. The van der Waals surface area contributed by atoms with E-state index in [0.717, 1.165) is 49.0 Å². The summed E-state index contributed by atoms with van der Waals surface area (Å²) in [7, 11) is -115. The molecule has 0 atom stereocenters. The molecule has 0 aliphatic carbocycles. The van der Waals surface area contributed by atoms with Crippen molar-refractivity contribution in [3.8, 4) is 12.3 Å². The first-order chi connectivity index (χ1) is 55.8. The van der Waals surface area contributed by atoms with Gasteiger partial charge in [-0.05, 0) is 0 Å². The monoisotopic (exact) mass is 2520 g/mol. The molecule has 0 aliphatic rings. The summed E-state index contributed by atoms with van der Waals surface area (Å²) in [4.78, 5) is 1.24. The highest BCUT2D eigenvalue weighted by atomic mass is 32.3. The van der Waals surface area contributed by atoms with Crippen molar-refractivity contribution in [2.24, 2.45) is 0 Å². The van der Waals surface area contributed by atoms with Crippen LogP contribution in [0.5, 0.6) is 0 Å². The maximum atomic E-state index is 12.0. The molecule has 110 heteroatoms. The predicted octanol–water partition coefficient (Wildman–Crippen LogP) is 13.8. The lowest BCUT2D eigenvalue weighted by molar-refractivity contribution is -0.300. The molecule has 0 bridgehead atoms. The number of hydrogen-bond donors (Lipinski definition) is 11. The Bertz CT molecular complexity index is 5400. The molecule has 0 radical (unpaired) electrons. The third kappa shape index (κ3) is 119. The fourth-order valence-electron chi connectivity index (χ4n) is 3.34. The fourth-order valence-corrected chi connectivity index (χ4v) is 22.7. The molecule has 0 spiro atoms. The van der Waals surface area contributed by atoms with Crippen molar-refractivity contribution in [1.29, 1.82) is 0 Å². The number of hydrogen-bond acceptors (Lipinski definition) is 37. The number of alkyl halides is 21. The zero-order valence-corrected chi connectivity index (χ0v) is 80.5. The van der Waals surface area contributed by atoms with Crippen molar-refractivity contribution in [3.05, 3.63) is 12.0 Å². The molecule has 0 aromatic heterocycles. The second-order valence-electron chi connectivity index (χ2n) is 19.9. The number of rotatable bonds is 32. The lowest BCUT2D eigenvalue weighted by Crippen LogP contribution is -2.47. The lowest BCUT2D eigenvalue weighted by Gasteiger charge is -2.23. The molecular weight excluding hydrogens is 2470 g/mol. The molecule has 11 N–H and O–H groups in total. The van der Waals surface area contributed by atoms with Crippen LogP contribution in [-0.2, 0) is 178 Å². The van der Waals surface area contributed by atoms with E-state index in [1.165, 1.54) is 4.86 Å². The van der Waals surface area contributed by atoms with Crippen molar-refractivity contribution in [1.82, 2.24) is 49.8 Å². The SMILES string of the molecule is C#CCOS(=O)(=O)NP(=O)(F)F.C=CS(=O)(=O)NP(=O)(F)F.COS(=O)(=O)NP(=O)(F)F.CP(C)(=O)NP(=O)(F)F.CP(C)(=O)NS(=O)(=O)C(F)(F)F.CP(C)(=O)NS(=O)(=O)OC(C(F)(F)F)C(F)(F)F.CS(=O)(=O)NP(=O)(F)F.O=P(F)(F)NS(=O)(=O)C(F)(F)F.O=P(F)(F)NS(=O)(=O)F.O=P(F)(F)NS(=O)(=O)OC(C(F)(F)F)C(F)(F)F.O=P(F)(F)NS(=O)(=O)OCC(F)(F)F. The van der Waals surface area contributed by atoms with Crippen LogP contribution in [0, 0.1) is 12.3 Å². The molecule has 0 saturated heterocycles. The Balaban J connectivity index is -0.000000138. The highest BCUT2D eigenvalue weighted by Gasteiger charge is 2.62. The van der Waals surface area contributed by atoms with Crippen molar-refractivity contribution in [3.63, 3.8) is 0 Å². The predicted molar refractivity (Wildman–Crippen MR) is 368 cm³/mol. The van der Waals surface area contributed by atoms with Gasteiger partial charge < -0.3 is 13.7 Å². The summed E-state index contributed by atoms with van der Waals surface area (Å²) in [6.07, 6.45) is -33.7. The smallest absolute Gasteiger partial charge is 0.307 e. The summed E-state index contributed by atoms with van der Waals surface area (Å²) in [5.74, 6) is 1.73. The quantitative estimate of drug-likeness (QED) is 0.0129. The molecule has 0 aliphatic heterocycles. The van der Waals surface area contributed by atoms with Crippen molar-refractivity contribution in [2.75, 3.05) is 66.6 Å². The van der Waals surface area contributed by atoms with Crippen LogP contribution in [0.3, 0.4) is 0 Å². The third-order valence-corrected chi connectivity index (χ3v) is 32.8. The summed E-state index contributed by atoms with van der Waals surface area (Å²) in [5, 5.41) is 0.249. The highest BCUT2D eigenvalue weighted by molar-refractivity contribution is 7.98. The van der Waals surface area contributed by atoms with Gasteiger partial charge in [0.25, 0.3) is 12.2 Å². The van der Waals surface area contributed by atoms with Gasteiger partial charge in [0, 0.05) is 45.4 Å². The number of nitrogens with one attached hydrogen (secondary N) is 11. The fraction of sp³-hybridized carbons (Fsp3) is 0.826. The van der Waals surface area contributed by atoms with E-state index in [9.17, 15) is 306 Å². The maximum absolute atomic E-state index is 12.0.